The molecule has 0 saturated carbocycles. The van der Waals surface area contributed by atoms with Gasteiger partial charge in [-0.3, -0.25) is 4.98 Å². The lowest BCUT2D eigenvalue weighted by Gasteiger charge is -2.32. The van der Waals surface area contributed by atoms with E-state index in [1.54, 1.807) is 24.3 Å². The van der Waals surface area contributed by atoms with Crippen LogP contribution >= 0.6 is 0 Å². The Hall–Kier alpha value is -2.93. The first-order valence-electron chi connectivity index (χ1n) is 11.1. The van der Waals surface area contributed by atoms with Crippen LogP contribution in [-0.4, -0.2) is 54.2 Å². The molecule has 2 N–H and O–H groups in total. The van der Waals surface area contributed by atoms with E-state index in [1.165, 1.54) is 5.56 Å². The van der Waals surface area contributed by atoms with Crippen molar-refractivity contribution < 1.29 is 14.3 Å². The van der Waals surface area contributed by atoms with Crippen molar-refractivity contribution in [2.45, 2.75) is 45.1 Å². The van der Waals surface area contributed by atoms with Gasteiger partial charge in [-0.15, -0.1) is 0 Å². The Balaban J connectivity index is 1.36. The molecular weight excluding hydrogens is 392 g/mol. The minimum absolute atomic E-state index is 0.171. The van der Waals surface area contributed by atoms with Gasteiger partial charge < -0.3 is 20.3 Å². The van der Waals surface area contributed by atoms with Gasteiger partial charge in [0.05, 0.1) is 12.2 Å². The molecule has 1 aromatic heterocycles. The number of likely N-dealkylation sites (tertiary alicyclic amines) is 1. The Bertz CT molecular complexity index is 818. The van der Waals surface area contributed by atoms with Gasteiger partial charge >= 0.3 is 12.0 Å². The van der Waals surface area contributed by atoms with Gasteiger partial charge in [0.15, 0.2) is 0 Å². The number of pyridine rings is 1. The highest BCUT2D eigenvalue weighted by atomic mass is 16.5. The second-order valence-electron chi connectivity index (χ2n) is 7.89. The summed E-state index contributed by atoms with van der Waals surface area (Å²) in [6, 6.07) is 10.9. The van der Waals surface area contributed by atoms with Crippen LogP contribution in [0.5, 0.6) is 0 Å². The zero-order valence-electron chi connectivity index (χ0n) is 18.2. The van der Waals surface area contributed by atoms with Gasteiger partial charge in [-0.1, -0.05) is 13.3 Å². The molecule has 2 amide bonds. The van der Waals surface area contributed by atoms with Crippen LogP contribution in [0, 0.1) is 0 Å². The van der Waals surface area contributed by atoms with Crippen LogP contribution in [-0.2, 0) is 11.2 Å². The molecule has 0 bridgehead atoms. The Kier molecular flexibility index (Phi) is 8.84. The molecule has 1 aliphatic heterocycles. The number of unbranched alkanes of at least 4 members (excludes halogenated alkanes) is 1. The summed E-state index contributed by atoms with van der Waals surface area (Å²) in [6.45, 7) is 5.46. The minimum Gasteiger partial charge on any atom is -0.462 e. The molecule has 0 spiro atoms. The van der Waals surface area contributed by atoms with Gasteiger partial charge in [0.1, 0.15) is 0 Å². The molecular formula is C24H32N4O3. The zero-order valence-corrected chi connectivity index (χ0v) is 18.2. The number of hydrogen-bond acceptors (Lipinski definition) is 5. The lowest BCUT2D eigenvalue weighted by molar-refractivity contribution is 0.0500. The Morgan fingerprint density at radius 2 is 1.81 bits per heavy atom. The zero-order chi connectivity index (χ0) is 21.9. The highest BCUT2D eigenvalue weighted by Crippen LogP contribution is 2.13. The highest BCUT2D eigenvalue weighted by Gasteiger charge is 2.20. The lowest BCUT2D eigenvalue weighted by atomic mass is 10.0. The van der Waals surface area contributed by atoms with Crippen molar-refractivity contribution in [2.75, 3.05) is 31.6 Å². The van der Waals surface area contributed by atoms with E-state index in [9.17, 15) is 9.59 Å². The molecule has 1 aliphatic rings. The average Bonchev–Trinajstić information content (AvgIpc) is 2.80. The summed E-state index contributed by atoms with van der Waals surface area (Å²) < 4.78 is 5.20. The highest BCUT2D eigenvalue weighted by molar-refractivity contribution is 5.92. The van der Waals surface area contributed by atoms with Crippen molar-refractivity contribution in [2.24, 2.45) is 0 Å². The Morgan fingerprint density at radius 3 is 2.48 bits per heavy atom. The van der Waals surface area contributed by atoms with Crippen molar-refractivity contribution in [3.63, 3.8) is 0 Å². The number of esters is 1. The third kappa shape index (κ3) is 7.68. The monoisotopic (exact) mass is 424 g/mol. The minimum atomic E-state index is -0.333. The molecule has 1 saturated heterocycles. The topological polar surface area (TPSA) is 83.6 Å². The molecule has 1 fully saturated rings. The number of ether oxygens (including phenoxy) is 1. The molecule has 7 nitrogen and oxygen atoms in total. The van der Waals surface area contributed by atoms with E-state index in [1.807, 2.05) is 19.3 Å². The number of piperidine rings is 1. The fourth-order valence-electron chi connectivity index (χ4n) is 3.57. The maximum atomic E-state index is 12.3. The molecule has 0 radical (unpaired) electrons. The Morgan fingerprint density at radius 1 is 1.10 bits per heavy atom. The van der Waals surface area contributed by atoms with Crippen molar-refractivity contribution in [3.8, 4) is 0 Å². The summed E-state index contributed by atoms with van der Waals surface area (Å²) in [6.07, 6.45) is 8.39. The normalized spacial score (nSPS) is 14.7. The first kappa shape index (κ1) is 22.7. The molecule has 0 atom stereocenters. The van der Waals surface area contributed by atoms with Crippen molar-refractivity contribution in [1.29, 1.82) is 0 Å². The van der Waals surface area contributed by atoms with Crippen molar-refractivity contribution >= 4 is 17.7 Å². The van der Waals surface area contributed by atoms with E-state index in [0.29, 0.717) is 17.9 Å². The lowest BCUT2D eigenvalue weighted by Crippen LogP contribution is -2.46. The van der Waals surface area contributed by atoms with Crippen LogP contribution in [0.1, 0.15) is 48.5 Å². The van der Waals surface area contributed by atoms with Crippen LogP contribution in [0.25, 0.3) is 0 Å². The molecule has 7 heteroatoms. The van der Waals surface area contributed by atoms with E-state index >= 15 is 0 Å². The van der Waals surface area contributed by atoms with Gasteiger partial charge in [-0.25, -0.2) is 9.59 Å². The third-order valence-electron chi connectivity index (χ3n) is 5.50. The SMILES string of the molecule is CCCCOC(=O)c1ccc(NC(=O)NC2CCN(CCc3ccncc3)CC2)cc1. The van der Waals surface area contributed by atoms with Gasteiger partial charge in [0, 0.05) is 43.8 Å². The molecule has 166 valence electrons. The first-order valence-corrected chi connectivity index (χ1v) is 11.1. The van der Waals surface area contributed by atoms with Crippen LogP contribution < -0.4 is 10.6 Å². The number of urea groups is 1. The van der Waals surface area contributed by atoms with E-state index in [-0.39, 0.29) is 18.0 Å². The van der Waals surface area contributed by atoms with E-state index in [0.717, 1.165) is 51.7 Å². The number of nitrogens with one attached hydrogen (secondary N) is 2. The first-order chi connectivity index (χ1) is 15.1. The van der Waals surface area contributed by atoms with Crippen molar-refractivity contribution in [3.05, 3.63) is 59.9 Å². The molecule has 1 aromatic carbocycles. The number of rotatable bonds is 9. The number of aromatic nitrogens is 1. The molecule has 2 aromatic rings. The van der Waals surface area contributed by atoms with Crippen LogP contribution in [0.2, 0.25) is 0 Å². The summed E-state index contributed by atoms with van der Waals surface area (Å²) in [5.41, 5.74) is 2.44. The number of anilines is 1. The summed E-state index contributed by atoms with van der Waals surface area (Å²) in [5, 5.41) is 5.90. The standard InChI is InChI=1S/C24H32N4O3/c1-2-3-18-31-23(29)20-4-6-21(7-5-20)26-24(30)27-22-11-16-28(17-12-22)15-10-19-8-13-25-14-9-19/h4-9,13-14,22H,2-3,10-12,15-18H2,1H3,(H2,26,27,30). The molecule has 0 unspecified atom stereocenters. The number of hydrogen-bond donors (Lipinski definition) is 2. The summed E-state index contributed by atoms with van der Waals surface area (Å²) in [5.74, 6) is -0.333. The predicted octanol–water partition coefficient (Wildman–Crippen LogP) is 3.87. The van der Waals surface area contributed by atoms with E-state index in [2.05, 4.69) is 32.7 Å². The smallest absolute Gasteiger partial charge is 0.338 e. The largest absolute Gasteiger partial charge is 0.462 e. The second kappa shape index (κ2) is 12.1. The quantitative estimate of drug-likeness (QED) is 0.472. The molecule has 3 rings (SSSR count). The molecule has 31 heavy (non-hydrogen) atoms. The number of carbonyl (C=O) groups excluding carboxylic acids is 2. The fourth-order valence-corrected chi connectivity index (χ4v) is 3.57. The molecule has 0 aliphatic carbocycles. The Labute approximate surface area is 184 Å². The van der Waals surface area contributed by atoms with Gasteiger partial charge in [0.25, 0.3) is 0 Å². The van der Waals surface area contributed by atoms with Crippen molar-refractivity contribution in [1.82, 2.24) is 15.2 Å². The molecule has 2 heterocycles. The van der Waals surface area contributed by atoms with Crippen LogP contribution in [0.4, 0.5) is 10.5 Å². The van der Waals surface area contributed by atoms with E-state index < -0.39 is 0 Å². The number of nitrogens with zero attached hydrogens (tertiary/aromatic N) is 2. The van der Waals surface area contributed by atoms with Gasteiger partial charge in [0.2, 0.25) is 0 Å². The summed E-state index contributed by atoms with van der Waals surface area (Å²) >= 11 is 0. The fraction of sp³-hybridized carbons (Fsp3) is 0.458. The maximum absolute atomic E-state index is 12.3. The third-order valence-corrected chi connectivity index (χ3v) is 5.50. The average molecular weight is 425 g/mol. The van der Waals surface area contributed by atoms with Crippen LogP contribution in [0.3, 0.4) is 0 Å². The summed E-state index contributed by atoms with van der Waals surface area (Å²) in [4.78, 5) is 30.8. The second-order valence-corrected chi connectivity index (χ2v) is 7.89. The summed E-state index contributed by atoms with van der Waals surface area (Å²) in [7, 11) is 0. The van der Waals surface area contributed by atoms with Gasteiger partial charge in [-0.05, 0) is 67.6 Å². The maximum Gasteiger partial charge on any atom is 0.338 e. The predicted molar refractivity (Wildman–Crippen MR) is 121 cm³/mol. The number of carbonyl (C=O) groups is 2. The van der Waals surface area contributed by atoms with Crippen LogP contribution in [0.15, 0.2) is 48.8 Å². The van der Waals surface area contributed by atoms with E-state index in [4.69, 9.17) is 4.74 Å². The van der Waals surface area contributed by atoms with Gasteiger partial charge in [-0.2, -0.15) is 0 Å². The number of amides is 2. The number of benzene rings is 1.